The van der Waals surface area contributed by atoms with Gasteiger partial charge in [-0.2, -0.15) is 0 Å². The summed E-state index contributed by atoms with van der Waals surface area (Å²) in [4.78, 5) is 27.5. The van der Waals surface area contributed by atoms with Crippen LogP contribution in [0.25, 0.3) is 0 Å². The summed E-state index contributed by atoms with van der Waals surface area (Å²) in [5.74, 6) is 0.211. The molecule has 1 N–H and O–H groups in total. The summed E-state index contributed by atoms with van der Waals surface area (Å²) in [6, 6.07) is 0.629. The number of nitrogens with one attached hydrogen (secondary N) is 1. The topological polar surface area (TPSA) is 64.0 Å². The number of carbonyl (C=O) groups is 1. The van der Waals surface area contributed by atoms with Crippen molar-refractivity contribution in [2.45, 2.75) is 39.8 Å². The number of hydrogen-bond donors (Lipinski definition) is 1. The van der Waals surface area contributed by atoms with Gasteiger partial charge in [-0.05, 0) is 27.7 Å². The molecule has 0 fully saturated rings. The van der Waals surface area contributed by atoms with E-state index in [1.165, 1.54) is 10.6 Å². The highest BCUT2D eigenvalue weighted by Crippen LogP contribution is 2.08. The van der Waals surface area contributed by atoms with E-state index in [0.29, 0.717) is 5.82 Å². The summed E-state index contributed by atoms with van der Waals surface area (Å²) in [5.41, 5.74) is -0.325. The predicted octanol–water partition coefficient (Wildman–Crippen LogP) is 1.29. The largest absolute Gasteiger partial charge is 0.352 e. The van der Waals surface area contributed by atoms with Gasteiger partial charge < -0.3 is 5.32 Å². The lowest BCUT2D eigenvalue weighted by molar-refractivity contribution is -0.124. The molecular weight excluding hydrogens is 242 g/mol. The van der Waals surface area contributed by atoms with Gasteiger partial charge in [-0.1, -0.05) is 11.6 Å². The maximum absolute atomic E-state index is 11.8. The predicted molar refractivity (Wildman–Crippen MR) is 66.2 cm³/mol. The number of aryl methyl sites for hydroxylation is 1. The average molecular weight is 258 g/mol. The second-order valence-corrected chi connectivity index (χ2v) is 4.56. The van der Waals surface area contributed by atoms with Crippen LogP contribution in [0.1, 0.15) is 32.6 Å². The minimum Gasteiger partial charge on any atom is -0.352 e. The molecule has 0 aromatic carbocycles. The molecule has 5 nitrogen and oxygen atoms in total. The van der Waals surface area contributed by atoms with Crippen LogP contribution >= 0.6 is 11.6 Å². The molecule has 1 heterocycles. The van der Waals surface area contributed by atoms with E-state index in [4.69, 9.17) is 11.6 Å². The number of rotatable bonds is 3. The number of hydrogen-bond acceptors (Lipinski definition) is 3. The Labute approximate surface area is 105 Å². The summed E-state index contributed by atoms with van der Waals surface area (Å²) < 4.78 is 1.32. The standard InChI is InChI=1S/C11H16ClN3O2/c1-6(2)13-11(17)7(3)15-8(4)14-9(12)5-10(15)16/h5-7H,1-4H3,(H,13,17). The van der Waals surface area contributed by atoms with Gasteiger partial charge in [0.2, 0.25) is 5.91 Å². The molecule has 0 aliphatic carbocycles. The number of amides is 1. The van der Waals surface area contributed by atoms with Crippen molar-refractivity contribution in [1.29, 1.82) is 0 Å². The maximum Gasteiger partial charge on any atom is 0.255 e. The number of carbonyl (C=O) groups excluding carboxylic acids is 1. The Morgan fingerprint density at radius 2 is 2.06 bits per heavy atom. The lowest BCUT2D eigenvalue weighted by Crippen LogP contribution is -2.39. The molecule has 17 heavy (non-hydrogen) atoms. The van der Waals surface area contributed by atoms with Crippen LogP contribution in [0.2, 0.25) is 5.15 Å². The van der Waals surface area contributed by atoms with E-state index in [-0.39, 0.29) is 22.7 Å². The zero-order valence-electron chi connectivity index (χ0n) is 10.3. The fourth-order valence-electron chi connectivity index (χ4n) is 1.57. The van der Waals surface area contributed by atoms with Gasteiger partial charge in [0.05, 0.1) is 0 Å². The molecule has 1 aromatic rings. The quantitative estimate of drug-likeness (QED) is 0.830. The van der Waals surface area contributed by atoms with Crippen molar-refractivity contribution < 1.29 is 4.79 Å². The minimum absolute atomic E-state index is 0.0289. The third kappa shape index (κ3) is 3.30. The maximum atomic E-state index is 11.8. The van der Waals surface area contributed by atoms with Crippen molar-refractivity contribution in [2.24, 2.45) is 0 Å². The summed E-state index contributed by atoms with van der Waals surface area (Å²) in [6.45, 7) is 7.02. The monoisotopic (exact) mass is 257 g/mol. The molecule has 0 bridgehead atoms. The summed E-state index contributed by atoms with van der Waals surface area (Å²) in [7, 11) is 0. The molecule has 0 spiro atoms. The Kier molecular flexibility index (Phi) is 4.28. The van der Waals surface area contributed by atoms with Crippen LogP contribution in [0.5, 0.6) is 0 Å². The van der Waals surface area contributed by atoms with Gasteiger partial charge in [0.15, 0.2) is 0 Å². The van der Waals surface area contributed by atoms with E-state index < -0.39 is 6.04 Å². The second-order valence-electron chi connectivity index (χ2n) is 4.17. The lowest BCUT2D eigenvalue weighted by Gasteiger charge is -2.18. The Morgan fingerprint density at radius 3 is 2.53 bits per heavy atom. The molecule has 1 amide bonds. The van der Waals surface area contributed by atoms with Crippen LogP contribution in [0.3, 0.4) is 0 Å². The summed E-state index contributed by atoms with van der Waals surface area (Å²) in [6.07, 6.45) is 0. The van der Waals surface area contributed by atoms with Crippen LogP contribution in [-0.2, 0) is 4.79 Å². The Morgan fingerprint density at radius 1 is 1.47 bits per heavy atom. The van der Waals surface area contributed by atoms with E-state index in [1.807, 2.05) is 13.8 Å². The van der Waals surface area contributed by atoms with Gasteiger partial charge in [0, 0.05) is 12.1 Å². The second kappa shape index (κ2) is 5.31. The fraction of sp³-hybridized carbons (Fsp3) is 0.545. The third-order valence-electron chi connectivity index (χ3n) is 2.29. The van der Waals surface area contributed by atoms with Crippen LogP contribution in [0, 0.1) is 6.92 Å². The van der Waals surface area contributed by atoms with Crippen molar-refractivity contribution in [3.8, 4) is 0 Å². The van der Waals surface area contributed by atoms with E-state index in [9.17, 15) is 9.59 Å². The minimum atomic E-state index is -0.602. The van der Waals surface area contributed by atoms with Crippen LogP contribution in [0.4, 0.5) is 0 Å². The van der Waals surface area contributed by atoms with Crippen LogP contribution in [-0.4, -0.2) is 21.5 Å². The van der Waals surface area contributed by atoms with Gasteiger partial charge in [0.1, 0.15) is 17.0 Å². The van der Waals surface area contributed by atoms with Gasteiger partial charge in [-0.15, -0.1) is 0 Å². The van der Waals surface area contributed by atoms with Crippen LogP contribution in [0.15, 0.2) is 10.9 Å². The lowest BCUT2D eigenvalue weighted by atomic mass is 10.2. The molecule has 0 aliphatic heterocycles. The number of nitrogens with zero attached hydrogens (tertiary/aromatic N) is 2. The smallest absolute Gasteiger partial charge is 0.255 e. The van der Waals surface area contributed by atoms with Crippen LogP contribution < -0.4 is 10.9 Å². The molecule has 0 saturated heterocycles. The van der Waals surface area contributed by atoms with Gasteiger partial charge in [-0.25, -0.2) is 4.98 Å². The summed E-state index contributed by atoms with van der Waals surface area (Å²) >= 11 is 5.67. The first kappa shape index (κ1) is 13.7. The Bertz CT molecular complexity index is 482. The SMILES string of the molecule is Cc1nc(Cl)cc(=O)n1C(C)C(=O)NC(C)C. The zero-order chi connectivity index (χ0) is 13.2. The first-order valence-corrected chi connectivity index (χ1v) is 5.76. The zero-order valence-corrected chi connectivity index (χ0v) is 11.1. The normalized spacial score (nSPS) is 12.6. The molecule has 1 aromatic heterocycles. The van der Waals surface area contributed by atoms with Crippen molar-refractivity contribution >= 4 is 17.5 Å². The van der Waals surface area contributed by atoms with Gasteiger partial charge in [0.25, 0.3) is 5.56 Å². The fourth-order valence-corrected chi connectivity index (χ4v) is 1.78. The summed E-state index contributed by atoms with van der Waals surface area (Å²) in [5, 5.41) is 2.89. The molecule has 0 saturated carbocycles. The van der Waals surface area contributed by atoms with Crippen molar-refractivity contribution in [3.05, 3.63) is 27.4 Å². The first-order valence-electron chi connectivity index (χ1n) is 5.39. The molecule has 0 radical (unpaired) electrons. The number of aromatic nitrogens is 2. The Balaban J connectivity index is 3.08. The van der Waals surface area contributed by atoms with E-state index >= 15 is 0 Å². The van der Waals surface area contributed by atoms with E-state index in [1.54, 1.807) is 13.8 Å². The highest BCUT2D eigenvalue weighted by Gasteiger charge is 2.19. The van der Waals surface area contributed by atoms with Gasteiger partial charge in [-0.3, -0.25) is 14.2 Å². The molecule has 1 unspecified atom stereocenters. The molecule has 94 valence electrons. The highest BCUT2D eigenvalue weighted by atomic mass is 35.5. The van der Waals surface area contributed by atoms with Crippen molar-refractivity contribution in [2.75, 3.05) is 0 Å². The van der Waals surface area contributed by atoms with E-state index in [0.717, 1.165) is 0 Å². The average Bonchev–Trinajstić information content (AvgIpc) is 2.14. The van der Waals surface area contributed by atoms with Gasteiger partial charge >= 0.3 is 0 Å². The molecule has 1 rings (SSSR count). The van der Waals surface area contributed by atoms with Crippen molar-refractivity contribution in [3.63, 3.8) is 0 Å². The third-order valence-corrected chi connectivity index (χ3v) is 2.49. The number of halogens is 1. The molecule has 6 heteroatoms. The highest BCUT2D eigenvalue weighted by molar-refractivity contribution is 6.29. The molecule has 1 atom stereocenters. The first-order chi connectivity index (χ1) is 7.82. The Hall–Kier alpha value is -1.36. The molecule has 0 aliphatic rings. The van der Waals surface area contributed by atoms with E-state index in [2.05, 4.69) is 10.3 Å². The molecular formula is C11H16ClN3O2. The van der Waals surface area contributed by atoms with Crippen molar-refractivity contribution in [1.82, 2.24) is 14.9 Å².